The quantitative estimate of drug-likeness (QED) is 0.0720. The van der Waals surface area contributed by atoms with Gasteiger partial charge in [-0.2, -0.15) is 5.26 Å². The van der Waals surface area contributed by atoms with Crippen LogP contribution in [0.15, 0.2) is 67.5 Å². The number of nitriles is 1. The fourth-order valence-corrected chi connectivity index (χ4v) is 7.48. The van der Waals surface area contributed by atoms with Crippen LogP contribution in [0.1, 0.15) is 12.8 Å². The zero-order chi connectivity index (χ0) is 34.5. The van der Waals surface area contributed by atoms with E-state index in [0.29, 0.717) is 46.0 Å². The number of halogens is 2. The first-order valence-corrected chi connectivity index (χ1v) is 17.2. The van der Waals surface area contributed by atoms with Gasteiger partial charge >= 0.3 is 11.9 Å². The fourth-order valence-electron chi connectivity index (χ4n) is 4.60. The fraction of sp³-hybridized carbons (Fsp3) is 0.375. The molecular weight excluding hydrogens is 703 g/mol. The predicted octanol–water partition coefficient (Wildman–Crippen LogP) is 5.23. The molecule has 12 nitrogen and oxygen atoms in total. The lowest BCUT2D eigenvalue weighted by atomic mass is 10.2. The van der Waals surface area contributed by atoms with E-state index in [0.717, 1.165) is 21.2 Å². The molecule has 0 saturated heterocycles. The topological polar surface area (TPSA) is 146 Å². The molecule has 2 heterocycles. The highest BCUT2D eigenvalue weighted by molar-refractivity contribution is 8.04. The molecule has 2 aromatic carbocycles. The number of hydrogen-bond donors (Lipinski definition) is 2. The number of benzene rings is 2. The molecule has 0 atom stereocenters. The zero-order valence-electron chi connectivity index (χ0n) is 25.7. The van der Waals surface area contributed by atoms with E-state index in [4.69, 9.17) is 48.7 Å². The molecule has 48 heavy (non-hydrogen) atoms. The van der Waals surface area contributed by atoms with Gasteiger partial charge in [0.25, 0.3) is 5.70 Å². The van der Waals surface area contributed by atoms with Crippen LogP contribution >= 0.6 is 46.7 Å². The van der Waals surface area contributed by atoms with E-state index in [2.05, 4.69) is 4.85 Å². The third-order valence-corrected chi connectivity index (χ3v) is 9.53. The van der Waals surface area contributed by atoms with E-state index in [1.54, 1.807) is 40.1 Å². The third-order valence-electron chi connectivity index (χ3n) is 6.74. The predicted molar refractivity (Wildman–Crippen MR) is 183 cm³/mol. The molecule has 0 spiro atoms. The number of carbonyl (C=O) groups is 2. The zero-order valence-corrected chi connectivity index (χ0v) is 28.8. The number of nitrogens with zero attached hydrogens (tertiary/aromatic N) is 4. The van der Waals surface area contributed by atoms with Gasteiger partial charge in [0.05, 0.1) is 49.4 Å². The number of aliphatic hydroxyl groups excluding tert-OH is 2. The van der Waals surface area contributed by atoms with Crippen molar-refractivity contribution in [2.75, 3.05) is 75.7 Å². The van der Waals surface area contributed by atoms with Crippen molar-refractivity contribution in [2.45, 2.75) is 22.6 Å². The van der Waals surface area contributed by atoms with Crippen LogP contribution in [0, 0.1) is 17.9 Å². The van der Waals surface area contributed by atoms with E-state index >= 15 is 0 Å². The molecule has 0 saturated carbocycles. The van der Waals surface area contributed by atoms with Gasteiger partial charge in [0, 0.05) is 46.1 Å². The molecule has 0 bridgehead atoms. The van der Waals surface area contributed by atoms with Gasteiger partial charge in [-0.15, -0.1) is 0 Å². The number of hydrogen-bond acceptors (Lipinski definition) is 13. The Morgan fingerprint density at radius 3 is 1.77 bits per heavy atom. The minimum absolute atomic E-state index is 0.0431. The number of rotatable bonds is 17. The van der Waals surface area contributed by atoms with Crippen molar-refractivity contribution in [3.8, 4) is 6.07 Å². The molecule has 0 unspecified atom stereocenters. The first kappa shape index (κ1) is 37.4. The molecule has 2 aromatic rings. The maximum Gasteiger partial charge on any atom is 0.351 e. The van der Waals surface area contributed by atoms with Crippen LogP contribution in [0.2, 0.25) is 10.0 Å². The Kier molecular flexibility index (Phi) is 14.7. The Morgan fingerprint density at radius 2 is 1.27 bits per heavy atom. The lowest BCUT2D eigenvalue weighted by molar-refractivity contribution is -0.142. The molecule has 0 radical (unpaired) electrons. The Balaban J connectivity index is 1.17. The highest BCUT2D eigenvalue weighted by atomic mass is 35.5. The SMILES string of the molecule is [C-]#[N+]C(C(=O)OCCOCCOCCOC(=O)C(C#N)=C1Sc2cc(Cl)ccc2N1CCCO)=C1Sc2cc(Cl)ccc2N1CCCO. The monoisotopic (exact) mass is 734 g/mol. The van der Waals surface area contributed by atoms with Crippen LogP contribution in [-0.4, -0.2) is 88.1 Å². The van der Waals surface area contributed by atoms with Crippen molar-refractivity contribution in [1.82, 2.24) is 0 Å². The largest absolute Gasteiger partial charge is 0.468 e. The lowest BCUT2D eigenvalue weighted by Gasteiger charge is -2.21. The number of ether oxygens (including phenoxy) is 4. The minimum atomic E-state index is -0.788. The minimum Gasteiger partial charge on any atom is -0.468 e. The van der Waals surface area contributed by atoms with Crippen LogP contribution in [0.25, 0.3) is 4.85 Å². The van der Waals surface area contributed by atoms with Crippen molar-refractivity contribution in [3.05, 3.63) is 79.2 Å². The highest BCUT2D eigenvalue weighted by Gasteiger charge is 2.32. The molecular formula is C32H32Cl2N4O8S2. The summed E-state index contributed by atoms with van der Waals surface area (Å²) in [6, 6.07) is 12.5. The van der Waals surface area contributed by atoms with E-state index in [9.17, 15) is 25.1 Å². The van der Waals surface area contributed by atoms with E-state index < -0.39 is 11.9 Å². The van der Waals surface area contributed by atoms with Gasteiger partial charge in [0.1, 0.15) is 24.3 Å². The summed E-state index contributed by atoms with van der Waals surface area (Å²) in [5, 5.41) is 30.3. The van der Waals surface area contributed by atoms with Gasteiger partial charge in [0.2, 0.25) is 0 Å². The third kappa shape index (κ3) is 9.59. The summed E-state index contributed by atoms with van der Waals surface area (Å²) in [7, 11) is 0. The maximum absolute atomic E-state index is 12.8. The highest BCUT2D eigenvalue weighted by Crippen LogP contribution is 2.49. The smallest absolute Gasteiger partial charge is 0.351 e. The second-order valence-electron chi connectivity index (χ2n) is 9.94. The molecule has 16 heteroatoms. The van der Waals surface area contributed by atoms with Gasteiger partial charge in [-0.25, -0.2) is 9.64 Å². The number of esters is 2. The standard InChI is InChI=1S/C32H32Cl2N4O8S2/c1-36-28(30-38(9-3-11-40)25-7-5-22(34)19-27(25)48-30)32(42)46-17-15-44-13-12-43-14-16-45-31(41)23(20-35)29-37(8-2-10-39)24-6-4-21(33)18-26(24)47-29/h4-7,18-19,39-40H,2-3,8-17H2. The summed E-state index contributed by atoms with van der Waals surface area (Å²) in [5.41, 5.74) is 1.27. The second kappa shape index (κ2) is 18.9. The van der Waals surface area contributed by atoms with Gasteiger partial charge in [-0.3, -0.25) is 4.79 Å². The van der Waals surface area contributed by atoms with Crippen molar-refractivity contribution in [3.63, 3.8) is 0 Å². The molecule has 254 valence electrons. The molecule has 2 aliphatic rings. The molecule has 2 aliphatic heterocycles. The number of carbonyl (C=O) groups excluding carboxylic acids is 2. The van der Waals surface area contributed by atoms with Gasteiger partial charge in [-0.1, -0.05) is 46.7 Å². The van der Waals surface area contributed by atoms with Gasteiger partial charge in [0.15, 0.2) is 5.57 Å². The number of thioether (sulfide) groups is 2. The van der Waals surface area contributed by atoms with E-state index in [1.165, 1.54) is 23.5 Å². The lowest BCUT2D eigenvalue weighted by Crippen LogP contribution is -2.24. The Bertz CT molecular complexity index is 1520. The summed E-state index contributed by atoms with van der Waals surface area (Å²) in [5.74, 6) is -1.57. The molecule has 0 amide bonds. The van der Waals surface area contributed by atoms with Crippen molar-refractivity contribution >= 4 is 70.0 Å². The van der Waals surface area contributed by atoms with Crippen LogP contribution in [-0.2, 0) is 28.5 Å². The summed E-state index contributed by atoms with van der Waals surface area (Å²) in [4.78, 5) is 34.2. The average Bonchev–Trinajstić information content (AvgIpc) is 3.60. The second-order valence-corrected chi connectivity index (χ2v) is 12.9. The normalized spacial score (nSPS) is 15.4. The van der Waals surface area contributed by atoms with E-state index in [-0.39, 0.29) is 64.1 Å². The number of anilines is 2. The Morgan fingerprint density at radius 1 is 0.792 bits per heavy atom. The van der Waals surface area contributed by atoms with Crippen LogP contribution in [0.3, 0.4) is 0 Å². The molecule has 4 rings (SSSR count). The first-order chi connectivity index (χ1) is 23.3. The van der Waals surface area contributed by atoms with Gasteiger partial charge < -0.3 is 39.0 Å². The Labute approximate surface area is 296 Å². The summed E-state index contributed by atoms with van der Waals surface area (Å²) >= 11 is 14.7. The van der Waals surface area contributed by atoms with Crippen molar-refractivity contribution in [1.29, 1.82) is 5.26 Å². The average molecular weight is 736 g/mol. The van der Waals surface area contributed by atoms with Gasteiger partial charge in [-0.05, 0) is 49.2 Å². The summed E-state index contributed by atoms with van der Waals surface area (Å²) in [6.45, 7) is 8.64. The molecule has 0 fully saturated rings. The van der Waals surface area contributed by atoms with Crippen LogP contribution in [0.5, 0.6) is 0 Å². The molecule has 0 aliphatic carbocycles. The number of aliphatic hydroxyl groups is 2. The first-order valence-electron chi connectivity index (χ1n) is 14.8. The van der Waals surface area contributed by atoms with E-state index in [1.807, 2.05) is 12.1 Å². The van der Waals surface area contributed by atoms with Crippen molar-refractivity contribution < 1.29 is 38.7 Å². The maximum atomic E-state index is 12.8. The molecule has 0 aromatic heterocycles. The van der Waals surface area contributed by atoms with Crippen LogP contribution < -0.4 is 9.80 Å². The summed E-state index contributed by atoms with van der Waals surface area (Å²) in [6.07, 6.45) is 0.882. The summed E-state index contributed by atoms with van der Waals surface area (Å²) < 4.78 is 21.4. The number of fused-ring (bicyclic) bond motifs is 2. The van der Waals surface area contributed by atoms with Crippen LogP contribution in [0.4, 0.5) is 11.4 Å². The Hall–Kier alpha value is -3.44. The molecule has 2 N–H and O–H groups in total. The van der Waals surface area contributed by atoms with Crippen molar-refractivity contribution in [2.24, 2.45) is 0 Å².